The number of hydrogen-bond donors (Lipinski definition) is 0. The molecule has 2 aromatic heterocycles. The summed E-state index contributed by atoms with van der Waals surface area (Å²) in [7, 11) is 0. The van der Waals surface area contributed by atoms with Crippen LogP contribution in [0, 0.1) is 6.92 Å². The first-order chi connectivity index (χ1) is 23.7. The van der Waals surface area contributed by atoms with Crippen LogP contribution in [0.3, 0.4) is 0 Å². The van der Waals surface area contributed by atoms with E-state index in [9.17, 15) is 0 Å². The molecule has 2 heteroatoms. The number of fused-ring (bicyclic) bond motifs is 9. The van der Waals surface area contributed by atoms with Gasteiger partial charge in [-0.25, -0.2) is 0 Å². The highest BCUT2D eigenvalue weighted by Gasteiger charge is 2.19. The molecule has 0 radical (unpaired) electrons. The maximum absolute atomic E-state index is 6.27. The summed E-state index contributed by atoms with van der Waals surface area (Å²) in [6.45, 7) is 4.11. The normalized spacial score (nSPS) is 12.3. The van der Waals surface area contributed by atoms with Gasteiger partial charge in [-0.15, -0.1) is 11.3 Å². The predicted molar refractivity (Wildman–Crippen MR) is 209 cm³/mol. The van der Waals surface area contributed by atoms with Crippen LogP contribution < -0.4 is 0 Å². The van der Waals surface area contributed by atoms with Gasteiger partial charge in [0.25, 0.3) is 0 Å². The van der Waals surface area contributed by atoms with Crippen molar-refractivity contribution in [1.82, 2.24) is 0 Å². The lowest BCUT2D eigenvalue weighted by molar-refractivity contribution is 0.578. The van der Waals surface area contributed by atoms with Crippen LogP contribution in [0.5, 0.6) is 0 Å². The largest absolute Gasteiger partial charge is 0.461 e. The number of hydrogen-bond acceptors (Lipinski definition) is 2. The van der Waals surface area contributed by atoms with Gasteiger partial charge >= 0.3 is 0 Å². The molecule has 0 saturated heterocycles. The second kappa shape index (κ2) is 10.4. The lowest BCUT2D eigenvalue weighted by atomic mass is 9.84. The van der Waals surface area contributed by atoms with E-state index in [0.717, 1.165) is 11.3 Å². The smallest absolute Gasteiger partial charge is 0.135 e. The first-order valence-electron chi connectivity index (χ1n) is 16.5. The zero-order valence-corrected chi connectivity index (χ0v) is 27.5. The molecule has 0 aliphatic carbocycles. The van der Waals surface area contributed by atoms with Gasteiger partial charge in [-0.1, -0.05) is 121 Å². The van der Waals surface area contributed by atoms with Gasteiger partial charge in [-0.3, -0.25) is 0 Å². The molecule has 0 amide bonds. The molecule has 8 aromatic carbocycles. The average molecular weight is 631 g/mol. The summed E-state index contributed by atoms with van der Waals surface area (Å²) >= 11 is 1.88. The number of rotatable bonds is 3. The summed E-state index contributed by atoms with van der Waals surface area (Å²) in [6, 6.07) is 49.5. The Morgan fingerprint density at radius 3 is 1.96 bits per heavy atom. The molecule has 48 heavy (non-hydrogen) atoms. The standard InChI is InChI=1S/C46H30OS/c1-3-11-31-27(2)47-41-26-39-29(24-40(31)41)21-23-42-46(39)38-22-20-30(25-43(38)48-42)44-34-15-6-8-17-36(34)45(37-18-9-7-16-35(37)44)33-19-10-13-28-12-4-5-14-32(28)33/h3-26H,1-2H3/b11-3-. The van der Waals surface area contributed by atoms with Crippen LogP contribution in [-0.2, 0) is 0 Å². The van der Waals surface area contributed by atoms with Gasteiger partial charge in [-0.05, 0) is 103 Å². The van der Waals surface area contributed by atoms with Gasteiger partial charge in [0, 0.05) is 31.1 Å². The second-order valence-corrected chi connectivity index (χ2v) is 13.8. The van der Waals surface area contributed by atoms with Crippen LogP contribution in [-0.4, -0.2) is 0 Å². The van der Waals surface area contributed by atoms with Gasteiger partial charge in [0.05, 0.1) is 0 Å². The summed E-state index contributed by atoms with van der Waals surface area (Å²) in [4.78, 5) is 0. The minimum atomic E-state index is 0.945. The molecular weight excluding hydrogens is 601 g/mol. The first kappa shape index (κ1) is 27.4. The molecule has 0 N–H and O–H groups in total. The minimum absolute atomic E-state index is 0.945. The van der Waals surface area contributed by atoms with Crippen LogP contribution in [0.2, 0.25) is 0 Å². The fourth-order valence-corrected chi connectivity index (χ4v) is 9.19. The van der Waals surface area contributed by atoms with E-state index < -0.39 is 0 Å². The Balaban J connectivity index is 1.24. The molecule has 10 rings (SSSR count). The van der Waals surface area contributed by atoms with E-state index in [1.807, 2.05) is 11.3 Å². The van der Waals surface area contributed by atoms with Gasteiger partial charge in [0.1, 0.15) is 11.3 Å². The van der Waals surface area contributed by atoms with Crippen molar-refractivity contribution in [1.29, 1.82) is 0 Å². The number of benzene rings is 8. The zero-order valence-electron chi connectivity index (χ0n) is 26.7. The molecule has 0 aliphatic rings. The predicted octanol–water partition coefficient (Wildman–Crippen LogP) is 14.1. The molecule has 0 bridgehead atoms. The highest BCUT2D eigenvalue weighted by Crippen LogP contribution is 2.47. The lowest BCUT2D eigenvalue weighted by Gasteiger charge is -2.18. The number of aryl methyl sites for hydroxylation is 1. The lowest BCUT2D eigenvalue weighted by Crippen LogP contribution is -1.91. The van der Waals surface area contributed by atoms with Crippen LogP contribution in [0.1, 0.15) is 18.2 Å². The van der Waals surface area contributed by atoms with Gasteiger partial charge in [0.2, 0.25) is 0 Å². The molecule has 0 unspecified atom stereocenters. The Hall–Kier alpha value is -5.70. The topological polar surface area (TPSA) is 13.1 Å². The average Bonchev–Trinajstić information content (AvgIpc) is 3.65. The van der Waals surface area contributed by atoms with Crippen molar-refractivity contribution in [2.45, 2.75) is 13.8 Å². The highest BCUT2D eigenvalue weighted by molar-refractivity contribution is 7.26. The molecule has 0 fully saturated rings. The van der Waals surface area contributed by atoms with Crippen molar-refractivity contribution < 1.29 is 4.42 Å². The van der Waals surface area contributed by atoms with Crippen LogP contribution in [0.25, 0.3) is 103 Å². The third-order valence-electron chi connectivity index (χ3n) is 10.1. The van der Waals surface area contributed by atoms with Gasteiger partial charge in [-0.2, -0.15) is 0 Å². The summed E-state index contributed by atoms with van der Waals surface area (Å²) in [5, 5.41) is 13.9. The van der Waals surface area contributed by atoms with E-state index in [1.54, 1.807) is 0 Å². The molecule has 10 aromatic rings. The quantitative estimate of drug-likeness (QED) is 0.177. The minimum Gasteiger partial charge on any atom is -0.461 e. The summed E-state index contributed by atoms with van der Waals surface area (Å²) in [5.41, 5.74) is 7.22. The van der Waals surface area contributed by atoms with Crippen molar-refractivity contribution in [2.75, 3.05) is 0 Å². The summed E-state index contributed by atoms with van der Waals surface area (Å²) < 4.78 is 8.87. The SMILES string of the molecule is C/C=C\c1c(C)oc2cc3c(ccc4sc5cc(-c6c7ccccc7c(-c7cccc8ccccc78)c7ccccc67)ccc5c43)cc12. The maximum Gasteiger partial charge on any atom is 0.135 e. The Labute approximate surface area is 282 Å². The monoisotopic (exact) mass is 630 g/mol. The number of thiophene rings is 1. The molecule has 0 atom stereocenters. The third-order valence-corrected chi connectivity index (χ3v) is 11.2. The Morgan fingerprint density at radius 2 is 1.21 bits per heavy atom. The molecule has 226 valence electrons. The Bertz CT molecular complexity index is 2910. The van der Waals surface area contributed by atoms with Crippen LogP contribution in [0.4, 0.5) is 0 Å². The fourth-order valence-electron chi connectivity index (χ4n) is 8.03. The molecule has 0 spiro atoms. The second-order valence-electron chi connectivity index (χ2n) is 12.8. The zero-order chi connectivity index (χ0) is 31.9. The maximum atomic E-state index is 6.27. The van der Waals surface area contributed by atoms with Gasteiger partial charge < -0.3 is 4.42 Å². The van der Waals surface area contributed by atoms with Crippen molar-refractivity contribution in [3.8, 4) is 22.3 Å². The van der Waals surface area contributed by atoms with Gasteiger partial charge in [0.15, 0.2) is 0 Å². The van der Waals surface area contributed by atoms with Crippen molar-refractivity contribution in [3.05, 3.63) is 151 Å². The van der Waals surface area contributed by atoms with E-state index in [2.05, 4.69) is 159 Å². The molecule has 1 nitrogen and oxygen atoms in total. The van der Waals surface area contributed by atoms with E-state index in [1.165, 1.54) is 96.5 Å². The molecule has 0 saturated carbocycles. The van der Waals surface area contributed by atoms with E-state index >= 15 is 0 Å². The van der Waals surface area contributed by atoms with Crippen molar-refractivity contribution in [3.63, 3.8) is 0 Å². The van der Waals surface area contributed by atoms with E-state index in [-0.39, 0.29) is 0 Å². The fraction of sp³-hybridized carbons (Fsp3) is 0.0435. The third kappa shape index (κ3) is 3.90. The van der Waals surface area contributed by atoms with Crippen LogP contribution >= 0.6 is 11.3 Å². The highest BCUT2D eigenvalue weighted by atomic mass is 32.1. The van der Waals surface area contributed by atoms with E-state index in [0.29, 0.717) is 0 Å². The first-order valence-corrected chi connectivity index (χ1v) is 17.4. The van der Waals surface area contributed by atoms with Crippen molar-refractivity contribution in [2.24, 2.45) is 0 Å². The molecule has 0 aliphatic heterocycles. The molecular formula is C46H30OS. The van der Waals surface area contributed by atoms with Crippen molar-refractivity contribution >= 4 is 91.6 Å². The number of allylic oxidation sites excluding steroid dienone is 1. The Morgan fingerprint density at radius 1 is 0.521 bits per heavy atom. The van der Waals surface area contributed by atoms with Crippen LogP contribution in [0.15, 0.2) is 144 Å². The Kier molecular flexibility index (Phi) is 5.94. The summed E-state index contributed by atoms with van der Waals surface area (Å²) in [6.07, 6.45) is 4.23. The number of furan rings is 1. The summed E-state index contributed by atoms with van der Waals surface area (Å²) in [5.74, 6) is 0.959. The molecule has 2 heterocycles. The van der Waals surface area contributed by atoms with E-state index in [4.69, 9.17) is 4.42 Å².